The van der Waals surface area contributed by atoms with Crippen LogP contribution >= 0.6 is 0 Å². The van der Waals surface area contributed by atoms with Crippen LogP contribution in [0, 0.1) is 5.92 Å². The number of nitrogens with one attached hydrogen (secondary N) is 1. The highest BCUT2D eigenvalue weighted by atomic mass is 16.5. The lowest BCUT2D eigenvalue weighted by molar-refractivity contribution is 0.162. The maximum Gasteiger partial charge on any atom is 0.0657 e. The first-order valence-electron chi connectivity index (χ1n) is 7.17. The Morgan fingerprint density at radius 3 is 2.56 bits per heavy atom. The quantitative estimate of drug-likeness (QED) is 0.830. The van der Waals surface area contributed by atoms with Gasteiger partial charge in [-0.1, -0.05) is 49.6 Å². The van der Waals surface area contributed by atoms with E-state index < -0.39 is 0 Å². The average Bonchev–Trinajstić information content (AvgIpc) is 2.45. The molecule has 0 heterocycles. The Hall–Kier alpha value is -0.860. The van der Waals surface area contributed by atoms with E-state index in [2.05, 4.69) is 35.6 Å². The van der Waals surface area contributed by atoms with Crippen molar-refractivity contribution in [2.75, 3.05) is 20.3 Å². The van der Waals surface area contributed by atoms with Gasteiger partial charge in [0.1, 0.15) is 0 Å². The third-order valence-corrected chi connectivity index (χ3v) is 3.91. The average molecular weight is 247 g/mol. The molecule has 0 aromatic heterocycles. The minimum absolute atomic E-state index is 0.332. The van der Waals surface area contributed by atoms with Crippen molar-refractivity contribution in [1.82, 2.24) is 5.32 Å². The topological polar surface area (TPSA) is 21.3 Å². The summed E-state index contributed by atoms with van der Waals surface area (Å²) in [5.74, 6) is 0.863. The molecule has 2 nitrogen and oxygen atoms in total. The first-order chi connectivity index (χ1) is 8.90. The van der Waals surface area contributed by atoms with Gasteiger partial charge in [-0.2, -0.15) is 0 Å². The Morgan fingerprint density at radius 1 is 1.17 bits per heavy atom. The van der Waals surface area contributed by atoms with Crippen molar-refractivity contribution >= 4 is 0 Å². The summed E-state index contributed by atoms with van der Waals surface area (Å²) in [5.41, 5.74) is 1.33. The van der Waals surface area contributed by atoms with Gasteiger partial charge in [0.25, 0.3) is 0 Å². The lowest BCUT2D eigenvalue weighted by atomic mass is 9.89. The normalized spacial score (nSPS) is 18.7. The maximum absolute atomic E-state index is 5.34. The second-order valence-corrected chi connectivity index (χ2v) is 5.33. The molecule has 18 heavy (non-hydrogen) atoms. The molecular formula is C16H25NO. The zero-order valence-corrected chi connectivity index (χ0v) is 11.4. The summed E-state index contributed by atoms with van der Waals surface area (Å²) in [6.45, 7) is 1.87. The van der Waals surface area contributed by atoms with Crippen molar-refractivity contribution in [3.63, 3.8) is 0 Å². The van der Waals surface area contributed by atoms with Gasteiger partial charge in [0, 0.05) is 7.11 Å². The highest BCUT2D eigenvalue weighted by Gasteiger charge is 2.16. The predicted octanol–water partition coefficient (Wildman–Crippen LogP) is 3.54. The molecule has 0 radical (unpaired) electrons. The van der Waals surface area contributed by atoms with E-state index in [1.165, 1.54) is 37.7 Å². The number of hydrogen-bond acceptors (Lipinski definition) is 2. The van der Waals surface area contributed by atoms with E-state index in [1.807, 2.05) is 0 Å². The fourth-order valence-electron chi connectivity index (χ4n) is 2.83. The third kappa shape index (κ3) is 4.11. The van der Waals surface area contributed by atoms with Gasteiger partial charge in [-0.05, 0) is 30.9 Å². The van der Waals surface area contributed by atoms with E-state index >= 15 is 0 Å². The molecule has 0 aliphatic heterocycles. The van der Waals surface area contributed by atoms with Gasteiger partial charge in [-0.3, -0.25) is 0 Å². The Morgan fingerprint density at radius 2 is 1.89 bits per heavy atom. The summed E-state index contributed by atoms with van der Waals surface area (Å²) in [4.78, 5) is 0. The monoisotopic (exact) mass is 247 g/mol. The minimum Gasteiger partial charge on any atom is -0.383 e. The molecule has 1 aromatic rings. The van der Waals surface area contributed by atoms with Crippen LogP contribution in [0.3, 0.4) is 0 Å². The van der Waals surface area contributed by atoms with E-state index in [-0.39, 0.29) is 0 Å². The standard InChI is InChI=1S/C16H25NO/c1-18-13-16(15-10-6-3-7-11-15)17-12-14-8-4-2-5-9-14/h3,6-7,10-11,14,16-17H,2,4-5,8-9,12-13H2,1H3. The van der Waals surface area contributed by atoms with Crippen LogP contribution in [-0.2, 0) is 4.74 Å². The number of methoxy groups -OCH3 is 1. The predicted molar refractivity (Wildman–Crippen MR) is 75.6 cm³/mol. The molecule has 1 atom stereocenters. The summed E-state index contributed by atoms with van der Waals surface area (Å²) in [6, 6.07) is 10.9. The first-order valence-corrected chi connectivity index (χ1v) is 7.17. The van der Waals surface area contributed by atoms with Gasteiger partial charge in [0.2, 0.25) is 0 Å². The number of ether oxygens (including phenoxy) is 1. The molecule has 0 bridgehead atoms. The van der Waals surface area contributed by atoms with Gasteiger partial charge in [0.05, 0.1) is 12.6 Å². The van der Waals surface area contributed by atoms with Crippen molar-refractivity contribution in [3.8, 4) is 0 Å². The van der Waals surface area contributed by atoms with E-state index in [9.17, 15) is 0 Å². The number of hydrogen-bond donors (Lipinski definition) is 1. The zero-order chi connectivity index (χ0) is 12.6. The minimum atomic E-state index is 0.332. The Bertz CT molecular complexity index is 319. The summed E-state index contributed by atoms with van der Waals surface area (Å²) in [6.07, 6.45) is 7.03. The zero-order valence-electron chi connectivity index (χ0n) is 11.4. The molecule has 0 saturated heterocycles. The fraction of sp³-hybridized carbons (Fsp3) is 0.625. The second kappa shape index (κ2) is 7.55. The molecule has 1 unspecified atom stereocenters. The van der Waals surface area contributed by atoms with Crippen LogP contribution in [0.25, 0.3) is 0 Å². The smallest absolute Gasteiger partial charge is 0.0657 e. The molecule has 2 heteroatoms. The van der Waals surface area contributed by atoms with Crippen molar-refractivity contribution in [3.05, 3.63) is 35.9 Å². The van der Waals surface area contributed by atoms with Crippen LogP contribution in [0.5, 0.6) is 0 Å². The van der Waals surface area contributed by atoms with Crippen molar-refractivity contribution < 1.29 is 4.74 Å². The van der Waals surface area contributed by atoms with E-state index in [0.717, 1.165) is 19.1 Å². The molecule has 2 rings (SSSR count). The largest absolute Gasteiger partial charge is 0.383 e. The molecule has 0 spiro atoms. The lowest BCUT2D eigenvalue weighted by Crippen LogP contribution is -2.31. The van der Waals surface area contributed by atoms with E-state index in [0.29, 0.717) is 6.04 Å². The van der Waals surface area contributed by atoms with E-state index in [4.69, 9.17) is 4.74 Å². The first kappa shape index (κ1) is 13.6. The van der Waals surface area contributed by atoms with Crippen LogP contribution in [0.2, 0.25) is 0 Å². The summed E-state index contributed by atoms with van der Waals surface area (Å²) in [7, 11) is 1.78. The highest BCUT2D eigenvalue weighted by molar-refractivity contribution is 5.18. The second-order valence-electron chi connectivity index (χ2n) is 5.33. The lowest BCUT2D eigenvalue weighted by Gasteiger charge is -2.25. The highest BCUT2D eigenvalue weighted by Crippen LogP contribution is 2.24. The molecule has 0 amide bonds. The van der Waals surface area contributed by atoms with Crippen LogP contribution in [0.15, 0.2) is 30.3 Å². The van der Waals surface area contributed by atoms with Crippen LogP contribution in [0.1, 0.15) is 43.7 Å². The van der Waals surface area contributed by atoms with Gasteiger partial charge in [-0.15, -0.1) is 0 Å². The molecule has 1 aliphatic rings. The summed E-state index contributed by atoms with van der Waals surface area (Å²) < 4.78 is 5.34. The molecule has 1 aromatic carbocycles. The summed E-state index contributed by atoms with van der Waals surface area (Å²) in [5, 5.41) is 3.68. The molecule has 1 N–H and O–H groups in total. The number of rotatable bonds is 6. The molecule has 100 valence electrons. The van der Waals surface area contributed by atoms with Crippen LogP contribution in [-0.4, -0.2) is 20.3 Å². The Balaban J connectivity index is 1.86. The SMILES string of the molecule is COCC(NCC1CCCCC1)c1ccccc1. The number of benzene rings is 1. The maximum atomic E-state index is 5.34. The Kier molecular flexibility index (Phi) is 5.69. The van der Waals surface area contributed by atoms with Gasteiger partial charge in [0.15, 0.2) is 0 Å². The van der Waals surface area contributed by atoms with Gasteiger partial charge >= 0.3 is 0 Å². The molecule has 1 fully saturated rings. The van der Waals surface area contributed by atoms with Crippen LogP contribution < -0.4 is 5.32 Å². The van der Waals surface area contributed by atoms with Crippen LogP contribution in [0.4, 0.5) is 0 Å². The van der Waals surface area contributed by atoms with Crippen molar-refractivity contribution in [1.29, 1.82) is 0 Å². The summed E-state index contributed by atoms with van der Waals surface area (Å²) >= 11 is 0. The van der Waals surface area contributed by atoms with Crippen molar-refractivity contribution in [2.45, 2.75) is 38.1 Å². The molecular weight excluding hydrogens is 222 g/mol. The van der Waals surface area contributed by atoms with Crippen molar-refractivity contribution in [2.24, 2.45) is 5.92 Å². The third-order valence-electron chi connectivity index (χ3n) is 3.91. The fourth-order valence-corrected chi connectivity index (χ4v) is 2.83. The van der Waals surface area contributed by atoms with E-state index in [1.54, 1.807) is 7.11 Å². The Labute approximate surface area is 111 Å². The van der Waals surface area contributed by atoms with Gasteiger partial charge in [-0.25, -0.2) is 0 Å². The molecule has 1 saturated carbocycles. The van der Waals surface area contributed by atoms with Gasteiger partial charge < -0.3 is 10.1 Å². The molecule has 1 aliphatic carbocycles.